The molecule has 1 atom stereocenters. The Kier molecular flexibility index (Phi) is 5.02. The highest BCUT2D eigenvalue weighted by atomic mass is 35.5. The van der Waals surface area contributed by atoms with Gasteiger partial charge in [0.15, 0.2) is 0 Å². The largest absolute Gasteiger partial charge is 0.496 e. The number of ether oxygens (including phenoxy) is 1. The molecule has 1 unspecified atom stereocenters. The molecule has 0 amide bonds. The normalized spacial score (nSPS) is 12.4. The first-order valence-corrected chi connectivity index (χ1v) is 7.64. The Hall–Kier alpha value is -1.10. The van der Waals surface area contributed by atoms with Gasteiger partial charge in [-0.15, -0.1) is 11.3 Å². The van der Waals surface area contributed by atoms with E-state index in [4.69, 9.17) is 16.3 Å². The van der Waals surface area contributed by atoms with Crippen molar-refractivity contribution in [1.82, 2.24) is 5.32 Å². The maximum absolute atomic E-state index is 13.5. The minimum absolute atomic E-state index is 0.0549. The summed E-state index contributed by atoms with van der Waals surface area (Å²) in [6.07, 6.45) is 0. The van der Waals surface area contributed by atoms with Crippen molar-refractivity contribution < 1.29 is 9.13 Å². The van der Waals surface area contributed by atoms with Gasteiger partial charge in [-0.25, -0.2) is 4.39 Å². The quantitative estimate of drug-likeness (QED) is 0.874. The van der Waals surface area contributed by atoms with Gasteiger partial charge in [-0.2, -0.15) is 0 Å². The van der Waals surface area contributed by atoms with Crippen LogP contribution < -0.4 is 10.1 Å². The molecule has 0 bridgehead atoms. The Balaban J connectivity index is 2.45. The lowest BCUT2D eigenvalue weighted by molar-refractivity contribution is 0.416. The maximum Gasteiger partial charge on any atom is 0.129 e. The number of methoxy groups -OCH3 is 1. The lowest BCUT2D eigenvalue weighted by Gasteiger charge is -2.19. The van der Waals surface area contributed by atoms with Crippen molar-refractivity contribution in [3.63, 3.8) is 0 Å². The molecule has 1 aromatic heterocycles. The van der Waals surface area contributed by atoms with E-state index >= 15 is 0 Å². The number of hydrogen-bond acceptors (Lipinski definition) is 3. The van der Waals surface area contributed by atoms with E-state index in [9.17, 15) is 4.39 Å². The highest BCUT2D eigenvalue weighted by Crippen LogP contribution is 2.35. The maximum atomic E-state index is 13.5. The standard InChI is InChI=1S/C15H17ClFNOS/c1-4-18-15(14-6-10(19-3)8-20-14)11-5-9(2)13(17)7-12(11)16/h5-8,15,18H,4H2,1-3H3. The van der Waals surface area contributed by atoms with Gasteiger partial charge in [0.25, 0.3) is 0 Å². The van der Waals surface area contributed by atoms with E-state index in [0.717, 1.165) is 22.7 Å². The predicted octanol–water partition coefficient (Wildman–Crippen LogP) is 4.56. The Bertz CT molecular complexity index is 600. The van der Waals surface area contributed by atoms with Crippen LogP contribution in [0, 0.1) is 12.7 Å². The molecule has 20 heavy (non-hydrogen) atoms. The van der Waals surface area contributed by atoms with Crippen molar-refractivity contribution in [1.29, 1.82) is 0 Å². The molecule has 1 aromatic carbocycles. The molecule has 0 saturated heterocycles. The monoisotopic (exact) mass is 313 g/mol. The molecule has 2 nitrogen and oxygen atoms in total. The molecule has 0 spiro atoms. The average molecular weight is 314 g/mol. The Morgan fingerprint density at radius 3 is 2.75 bits per heavy atom. The van der Waals surface area contributed by atoms with Crippen molar-refractivity contribution in [3.05, 3.63) is 50.4 Å². The third-order valence-corrected chi connectivity index (χ3v) is 4.42. The molecule has 108 valence electrons. The van der Waals surface area contributed by atoms with Crippen LogP contribution in [0.2, 0.25) is 5.02 Å². The zero-order chi connectivity index (χ0) is 14.7. The highest BCUT2D eigenvalue weighted by Gasteiger charge is 2.19. The second kappa shape index (κ2) is 6.57. The molecule has 0 fully saturated rings. The molecule has 1 N–H and O–H groups in total. The first-order chi connectivity index (χ1) is 9.56. The van der Waals surface area contributed by atoms with Gasteiger partial charge in [0, 0.05) is 15.3 Å². The summed E-state index contributed by atoms with van der Waals surface area (Å²) in [5, 5.41) is 5.77. The molecule has 0 aliphatic carbocycles. The number of nitrogens with one attached hydrogen (secondary N) is 1. The lowest BCUT2D eigenvalue weighted by Crippen LogP contribution is -2.21. The zero-order valence-electron chi connectivity index (χ0n) is 11.7. The minimum Gasteiger partial charge on any atom is -0.496 e. The highest BCUT2D eigenvalue weighted by molar-refractivity contribution is 7.10. The fourth-order valence-electron chi connectivity index (χ4n) is 2.06. The number of benzene rings is 1. The molecular formula is C15H17ClFNOS. The number of thiophene rings is 1. The fourth-order valence-corrected chi connectivity index (χ4v) is 3.27. The van der Waals surface area contributed by atoms with Gasteiger partial charge in [0.1, 0.15) is 11.6 Å². The fraction of sp³-hybridized carbons (Fsp3) is 0.333. The van der Waals surface area contributed by atoms with Gasteiger partial charge in [-0.05, 0) is 42.8 Å². The van der Waals surface area contributed by atoms with E-state index in [0.29, 0.717) is 10.6 Å². The molecule has 0 radical (unpaired) electrons. The van der Waals surface area contributed by atoms with Crippen LogP contribution in [0.5, 0.6) is 5.75 Å². The van der Waals surface area contributed by atoms with Crippen molar-refractivity contribution in [2.24, 2.45) is 0 Å². The predicted molar refractivity (Wildman–Crippen MR) is 82.5 cm³/mol. The third kappa shape index (κ3) is 3.14. The summed E-state index contributed by atoms with van der Waals surface area (Å²) in [7, 11) is 1.64. The summed E-state index contributed by atoms with van der Waals surface area (Å²) in [5.74, 6) is 0.542. The van der Waals surface area contributed by atoms with Gasteiger partial charge < -0.3 is 10.1 Å². The lowest BCUT2D eigenvalue weighted by atomic mass is 10.0. The molecule has 0 aliphatic heterocycles. The van der Waals surface area contributed by atoms with E-state index in [1.165, 1.54) is 6.07 Å². The first-order valence-electron chi connectivity index (χ1n) is 6.38. The average Bonchev–Trinajstić information content (AvgIpc) is 2.89. The van der Waals surface area contributed by atoms with E-state index in [2.05, 4.69) is 5.32 Å². The summed E-state index contributed by atoms with van der Waals surface area (Å²) in [6, 6.07) is 5.10. The van der Waals surface area contributed by atoms with Gasteiger partial charge in [-0.3, -0.25) is 0 Å². The van der Waals surface area contributed by atoms with Crippen LogP contribution in [0.15, 0.2) is 23.6 Å². The summed E-state index contributed by atoms with van der Waals surface area (Å²) in [5.41, 5.74) is 1.48. The molecule has 1 heterocycles. The second-order valence-corrected chi connectivity index (χ2v) is 5.85. The van der Waals surface area contributed by atoms with E-state index in [1.807, 2.05) is 18.4 Å². The van der Waals surface area contributed by atoms with Crippen molar-refractivity contribution in [2.45, 2.75) is 19.9 Å². The molecular weight excluding hydrogens is 297 g/mol. The van der Waals surface area contributed by atoms with Gasteiger partial charge in [-0.1, -0.05) is 18.5 Å². The van der Waals surface area contributed by atoms with Crippen LogP contribution in [0.25, 0.3) is 0 Å². The third-order valence-electron chi connectivity index (χ3n) is 3.11. The number of aryl methyl sites for hydroxylation is 1. The molecule has 5 heteroatoms. The topological polar surface area (TPSA) is 21.3 Å². The summed E-state index contributed by atoms with van der Waals surface area (Å²) in [4.78, 5) is 1.09. The summed E-state index contributed by atoms with van der Waals surface area (Å²) in [6.45, 7) is 4.56. The van der Waals surface area contributed by atoms with E-state index in [1.54, 1.807) is 31.4 Å². The molecule has 0 aliphatic rings. The van der Waals surface area contributed by atoms with Crippen LogP contribution in [0.4, 0.5) is 4.39 Å². The smallest absolute Gasteiger partial charge is 0.129 e. The van der Waals surface area contributed by atoms with Gasteiger partial charge >= 0.3 is 0 Å². The van der Waals surface area contributed by atoms with Crippen molar-refractivity contribution >= 4 is 22.9 Å². The Morgan fingerprint density at radius 2 is 2.15 bits per heavy atom. The number of hydrogen-bond donors (Lipinski definition) is 1. The summed E-state index contributed by atoms with van der Waals surface area (Å²) < 4.78 is 18.8. The van der Waals surface area contributed by atoms with E-state index < -0.39 is 0 Å². The number of rotatable bonds is 5. The Labute approximate surface area is 127 Å². The Morgan fingerprint density at radius 1 is 1.40 bits per heavy atom. The second-order valence-electron chi connectivity index (χ2n) is 4.50. The van der Waals surface area contributed by atoms with Crippen LogP contribution in [0.3, 0.4) is 0 Å². The van der Waals surface area contributed by atoms with Crippen LogP contribution >= 0.6 is 22.9 Å². The van der Waals surface area contributed by atoms with Crippen LogP contribution in [-0.2, 0) is 0 Å². The van der Waals surface area contributed by atoms with E-state index in [-0.39, 0.29) is 11.9 Å². The van der Waals surface area contributed by atoms with Gasteiger partial charge in [0.05, 0.1) is 13.2 Å². The zero-order valence-corrected chi connectivity index (χ0v) is 13.2. The molecule has 0 saturated carbocycles. The SMILES string of the molecule is CCNC(c1cc(OC)cs1)c1cc(C)c(F)cc1Cl. The van der Waals surface area contributed by atoms with Crippen LogP contribution in [0.1, 0.15) is 29.0 Å². The molecule has 2 aromatic rings. The van der Waals surface area contributed by atoms with Crippen molar-refractivity contribution in [2.75, 3.05) is 13.7 Å². The van der Waals surface area contributed by atoms with Crippen molar-refractivity contribution in [3.8, 4) is 5.75 Å². The summed E-state index contributed by atoms with van der Waals surface area (Å²) >= 11 is 7.81. The number of halogens is 2. The first kappa shape index (κ1) is 15.3. The van der Waals surface area contributed by atoms with Gasteiger partial charge in [0.2, 0.25) is 0 Å². The molecule has 2 rings (SSSR count). The van der Waals surface area contributed by atoms with Crippen LogP contribution in [-0.4, -0.2) is 13.7 Å². The minimum atomic E-state index is -0.280.